The third-order valence-electron chi connectivity index (χ3n) is 3.57. The highest BCUT2D eigenvalue weighted by Crippen LogP contribution is 2.29. The number of carbonyl (C=O) groups is 1. The molecule has 20 heavy (non-hydrogen) atoms. The van der Waals surface area contributed by atoms with Crippen molar-refractivity contribution >= 4 is 11.9 Å². The fraction of sp³-hybridized carbons (Fsp3) is 0.471. The molecule has 0 heterocycles. The Kier molecular flexibility index (Phi) is 4.96. The van der Waals surface area contributed by atoms with E-state index in [1.54, 1.807) is 0 Å². The first-order valence-electron chi connectivity index (χ1n) is 7.22. The van der Waals surface area contributed by atoms with Crippen LogP contribution in [0.1, 0.15) is 25.3 Å². The minimum atomic E-state index is 0.166. The van der Waals surface area contributed by atoms with Gasteiger partial charge in [0.1, 0.15) is 5.75 Å². The molecule has 0 amide bonds. The van der Waals surface area contributed by atoms with Crippen molar-refractivity contribution < 1.29 is 9.53 Å². The largest absolute Gasteiger partial charge is 0.494 e. The van der Waals surface area contributed by atoms with Gasteiger partial charge < -0.3 is 9.64 Å². The van der Waals surface area contributed by atoms with Crippen molar-refractivity contribution in [3.8, 4) is 5.75 Å². The number of hydrogen-bond donors (Lipinski definition) is 0. The number of ketones is 1. The molecule has 1 atom stereocenters. The molecule has 1 saturated carbocycles. The van der Waals surface area contributed by atoms with E-state index < -0.39 is 0 Å². The zero-order valence-corrected chi connectivity index (χ0v) is 12.6. The SMILES string of the molecule is CCOc1ccc(C=C2CCC(CN(C)C)C2=O)cc1. The first-order chi connectivity index (χ1) is 9.60. The molecule has 2 rings (SSSR count). The summed E-state index contributed by atoms with van der Waals surface area (Å²) in [6, 6.07) is 7.91. The summed E-state index contributed by atoms with van der Waals surface area (Å²) in [7, 11) is 4.03. The van der Waals surface area contributed by atoms with Crippen LogP contribution in [0.25, 0.3) is 6.08 Å². The van der Waals surface area contributed by atoms with Crippen molar-refractivity contribution in [2.45, 2.75) is 19.8 Å². The summed E-state index contributed by atoms with van der Waals surface area (Å²) < 4.78 is 5.42. The van der Waals surface area contributed by atoms with Crippen molar-refractivity contribution in [3.63, 3.8) is 0 Å². The molecule has 0 aromatic heterocycles. The molecule has 1 aliphatic rings. The second-order valence-electron chi connectivity index (χ2n) is 5.53. The molecular formula is C17H23NO2. The molecule has 0 N–H and O–H groups in total. The smallest absolute Gasteiger partial charge is 0.163 e. The van der Waals surface area contributed by atoms with E-state index in [1.165, 1.54) is 0 Å². The number of carbonyl (C=O) groups excluding carboxylic acids is 1. The Morgan fingerprint density at radius 2 is 2.00 bits per heavy atom. The van der Waals surface area contributed by atoms with E-state index in [4.69, 9.17) is 4.74 Å². The van der Waals surface area contributed by atoms with Crippen LogP contribution in [0.4, 0.5) is 0 Å². The molecule has 1 unspecified atom stereocenters. The average Bonchev–Trinajstić information content (AvgIpc) is 2.74. The maximum atomic E-state index is 12.3. The number of rotatable bonds is 5. The highest BCUT2D eigenvalue weighted by atomic mass is 16.5. The lowest BCUT2D eigenvalue weighted by Gasteiger charge is -2.13. The molecule has 108 valence electrons. The lowest BCUT2D eigenvalue weighted by atomic mass is 10.0. The van der Waals surface area contributed by atoms with Gasteiger partial charge in [-0.15, -0.1) is 0 Å². The second kappa shape index (κ2) is 6.71. The Bertz CT molecular complexity index is 488. The second-order valence-corrected chi connectivity index (χ2v) is 5.53. The number of nitrogens with zero attached hydrogens (tertiary/aromatic N) is 1. The number of Topliss-reactive ketones (excluding diaryl/α,β-unsaturated/α-hetero) is 1. The number of hydrogen-bond acceptors (Lipinski definition) is 3. The number of ether oxygens (including phenoxy) is 1. The fourth-order valence-corrected chi connectivity index (χ4v) is 2.63. The Labute approximate surface area is 121 Å². The van der Waals surface area contributed by atoms with Crippen molar-refractivity contribution in [3.05, 3.63) is 35.4 Å². The zero-order chi connectivity index (χ0) is 14.5. The molecule has 0 saturated heterocycles. The van der Waals surface area contributed by atoms with E-state index in [0.717, 1.165) is 36.3 Å². The van der Waals surface area contributed by atoms with Crippen LogP contribution >= 0.6 is 0 Å². The van der Waals surface area contributed by atoms with Crippen molar-refractivity contribution in [1.29, 1.82) is 0 Å². The van der Waals surface area contributed by atoms with Crippen LogP contribution in [0, 0.1) is 5.92 Å². The summed E-state index contributed by atoms with van der Waals surface area (Å²) in [6.07, 6.45) is 3.89. The van der Waals surface area contributed by atoms with Gasteiger partial charge in [-0.2, -0.15) is 0 Å². The number of allylic oxidation sites excluding steroid dienone is 1. The quantitative estimate of drug-likeness (QED) is 0.772. The zero-order valence-electron chi connectivity index (χ0n) is 12.6. The van der Waals surface area contributed by atoms with Crippen LogP contribution in [-0.2, 0) is 4.79 Å². The van der Waals surface area contributed by atoms with E-state index in [0.29, 0.717) is 12.4 Å². The molecule has 0 radical (unpaired) electrons. The van der Waals surface area contributed by atoms with Crippen molar-refractivity contribution in [2.75, 3.05) is 27.2 Å². The Morgan fingerprint density at radius 1 is 1.30 bits per heavy atom. The minimum absolute atomic E-state index is 0.166. The van der Waals surface area contributed by atoms with Crippen molar-refractivity contribution in [1.82, 2.24) is 4.90 Å². The van der Waals surface area contributed by atoms with E-state index in [-0.39, 0.29) is 5.92 Å². The maximum absolute atomic E-state index is 12.3. The van der Waals surface area contributed by atoms with E-state index in [2.05, 4.69) is 4.90 Å². The van der Waals surface area contributed by atoms with E-state index >= 15 is 0 Å². The molecule has 1 fully saturated rings. The molecule has 1 aromatic rings. The summed E-state index contributed by atoms with van der Waals surface area (Å²) in [5.41, 5.74) is 2.03. The van der Waals surface area contributed by atoms with Crippen LogP contribution in [0.5, 0.6) is 5.75 Å². The van der Waals surface area contributed by atoms with Crippen molar-refractivity contribution in [2.24, 2.45) is 5.92 Å². The molecule has 0 aliphatic heterocycles. The normalized spacial score (nSPS) is 20.9. The van der Waals surface area contributed by atoms with Gasteiger partial charge in [0.05, 0.1) is 6.61 Å². The van der Waals surface area contributed by atoms with Crippen LogP contribution in [-0.4, -0.2) is 37.9 Å². The highest BCUT2D eigenvalue weighted by molar-refractivity contribution is 6.03. The Morgan fingerprint density at radius 3 is 2.60 bits per heavy atom. The third kappa shape index (κ3) is 3.70. The first-order valence-corrected chi connectivity index (χ1v) is 7.22. The minimum Gasteiger partial charge on any atom is -0.494 e. The van der Waals surface area contributed by atoms with Gasteiger partial charge in [0.2, 0.25) is 0 Å². The summed E-state index contributed by atoms with van der Waals surface area (Å²) >= 11 is 0. The summed E-state index contributed by atoms with van der Waals surface area (Å²) in [5, 5.41) is 0. The van der Waals surface area contributed by atoms with Crippen LogP contribution in [0.15, 0.2) is 29.8 Å². The molecule has 1 aromatic carbocycles. The summed E-state index contributed by atoms with van der Waals surface area (Å²) in [5.74, 6) is 1.35. The molecule has 3 nitrogen and oxygen atoms in total. The van der Waals surface area contributed by atoms with E-state index in [1.807, 2.05) is 51.4 Å². The predicted molar refractivity (Wildman–Crippen MR) is 81.9 cm³/mol. The summed E-state index contributed by atoms with van der Waals surface area (Å²) in [6.45, 7) is 3.49. The van der Waals surface area contributed by atoms with Crippen LogP contribution in [0.2, 0.25) is 0 Å². The molecular weight excluding hydrogens is 250 g/mol. The standard InChI is InChI=1S/C17H23NO2/c1-4-20-16-9-5-13(6-10-16)11-14-7-8-15(17(14)19)12-18(2)3/h5-6,9-11,15H,4,7-8,12H2,1-3H3. The molecule has 0 spiro atoms. The third-order valence-corrected chi connectivity index (χ3v) is 3.57. The Hall–Kier alpha value is -1.61. The van der Waals surface area contributed by atoms with Gasteiger partial charge in [-0.05, 0) is 63.2 Å². The van der Waals surface area contributed by atoms with Gasteiger partial charge in [-0.25, -0.2) is 0 Å². The molecule has 0 bridgehead atoms. The van der Waals surface area contributed by atoms with Gasteiger partial charge in [-0.3, -0.25) is 4.79 Å². The Balaban J connectivity index is 2.06. The van der Waals surface area contributed by atoms with Gasteiger partial charge >= 0.3 is 0 Å². The van der Waals surface area contributed by atoms with Crippen LogP contribution in [0.3, 0.4) is 0 Å². The van der Waals surface area contributed by atoms with Gasteiger partial charge in [0.25, 0.3) is 0 Å². The monoisotopic (exact) mass is 273 g/mol. The number of benzene rings is 1. The molecule has 3 heteroatoms. The fourth-order valence-electron chi connectivity index (χ4n) is 2.63. The predicted octanol–water partition coefficient (Wildman–Crippen LogP) is 3.01. The van der Waals surface area contributed by atoms with Gasteiger partial charge in [0.15, 0.2) is 5.78 Å². The van der Waals surface area contributed by atoms with E-state index in [9.17, 15) is 4.79 Å². The van der Waals surface area contributed by atoms with Gasteiger partial charge in [-0.1, -0.05) is 12.1 Å². The summed E-state index contributed by atoms with van der Waals surface area (Å²) in [4.78, 5) is 14.4. The van der Waals surface area contributed by atoms with Crippen LogP contribution < -0.4 is 4.74 Å². The lowest BCUT2D eigenvalue weighted by molar-refractivity contribution is -0.118. The van der Waals surface area contributed by atoms with Gasteiger partial charge in [0, 0.05) is 12.5 Å². The highest BCUT2D eigenvalue weighted by Gasteiger charge is 2.29. The lowest BCUT2D eigenvalue weighted by Crippen LogP contribution is -2.24. The average molecular weight is 273 g/mol. The topological polar surface area (TPSA) is 29.5 Å². The first kappa shape index (κ1) is 14.8. The molecule has 1 aliphatic carbocycles. The maximum Gasteiger partial charge on any atom is 0.163 e.